The topological polar surface area (TPSA) is 82.4 Å². The number of hydrogen-bond donors (Lipinski definition) is 1. The van der Waals surface area contributed by atoms with Crippen LogP contribution in [0.25, 0.3) is 16.6 Å². The van der Waals surface area contributed by atoms with Crippen LogP contribution in [0.4, 0.5) is 4.79 Å². The Labute approximate surface area is 165 Å². The first-order valence-corrected chi connectivity index (χ1v) is 9.96. The van der Waals surface area contributed by atoms with Crippen LogP contribution >= 0.6 is 11.8 Å². The molecule has 1 fully saturated rings. The number of amides is 1. The second-order valence-corrected chi connectivity index (χ2v) is 7.19. The van der Waals surface area contributed by atoms with E-state index in [4.69, 9.17) is 9.47 Å². The highest BCUT2D eigenvalue weighted by Gasteiger charge is 2.24. The molecule has 7 nitrogen and oxygen atoms in total. The molecular formula is C20H19N3O4S. The fourth-order valence-corrected chi connectivity index (χ4v) is 3.99. The number of carbonyl (C=O) groups excluding carboxylic acids is 1. The lowest BCUT2D eigenvalue weighted by Crippen LogP contribution is -2.23. The highest BCUT2D eigenvalue weighted by atomic mass is 32.2. The number of carbonyl (C=O) groups is 1. The molecule has 1 aliphatic heterocycles. The quantitative estimate of drug-likeness (QED) is 0.509. The Kier molecular flexibility index (Phi) is 5.21. The van der Waals surface area contributed by atoms with Crippen molar-refractivity contribution in [2.24, 2.45) is 0 Å². The van der Waals surface area contributed by atoms with Crippen molar-refractivity contribution in [3.05, 3.63) is 58.9 Å². The van der Waals surface area contributed by atoms with Gasteiger partial charge in [0.15, 0.2) is 5.16 Å². The maximum Gasteiger partial charge on any atom is 0.407 e. The molecule has 2 aromatic carbocycles. The van der Waals surface area contributed by atoms with Gasteiger partial charge in [-0.25, -0.2) is 9.78 Å². The van der Waals surface area contributed by atoms with Crippen molar-refractivity contribution < 1.29 is 14.3 Å². The van der Waals surface area contributed by atoms with E-state index in [1.807, 2.05) is 49.4 Å². The average Bonchev–Trinajstić information content (AvgIpc) is 3.13. The van der Waals surface area contributed by atoms with Crippen LogP contribution in [0.2, 0.25) is 0 Å². The van der Waals surface area contributed by atoms with Crippen LogP contribution < -0.4 is 15.6 Å². The summed E-state index contributed by atoms with van der Waals surface area (Å²) in [6.07, 6.45) is -0.671. The molecule has 2 heterocycles. The van der Waals surface area contributed by atoms with Gasteiger partial charge in [0.25, 0.3) is 5.56 Å². The van der Waals surface area contributed by atoms with Crippen LogP contribution in [0.1, 0.15) is 6.92 Å². The summed E-state index contributed by atoms with van der Waals surface area (Å²) in [6, 6.07) is 14.6. The first kappa shape index (κ1) is 18.4. The normalized spacial score (nSPS) is 16.0. The van der Waals surface area contributed by atoms with E-state index in [1.54, 1.807) is 10.6 Å². The molecule has 0 spiro atoms. The fraction of sp³-hybridized carbons (Fsp3) is 0.250. The fourth-order valence-electron chi connectivity index (χ4n) is 2.99. The molecule has 8 heteroatoms. The third-order valence-corrected chi connectivity index (χ3v) is 5.37. The van der Waals surface area contributed by atoms with Gasteiger partial charge >= 0.3 is 6.09 Å². The summed E-state index contributed by atoms with van der Waals surface area (Å²) < 4.78 is 12.3. The monoisotopic (exact) mass is 397 g/mol. The predicted molar refractivity (Wildman–Crippen MR) is 108 cm³/mol. The number of thioether (sulfide) groups is 1. The molecule has 1 N–H and O–H groups in total. The number of cyclic esters (lactones) is 1. The average molecular weight is 397 g/mol. The number of rotatable bonds is 6. The van der Waals surface area contributed by atoms with Crippen molar-refractivity contribution in [1.82, 2.24) is 14.9 Å². The number of benzene rings is 2. The molecule has 1 unspecified atom stereocenters. The minimum absolute atomic E-state index is 0.140. The van der Waals surface area contributed by atoms with Gasteiger partial charge in [-0.2, -0.15) is 0 Å². The SMILES string of the molecule is CCOc1ccc(-n2c(SCC3CNC(=O)O3)nc3ccccc3c2=O)cc1. The highest BCUT2D eigenvalue weighted by molar-refractivity contribution is 7.99. The van der Waals surface area contributed by atoms with Crippen LogP contribution in [0, 0.1) is 0 Å². The summed E-state index contributed by atoms with van der Waals surface area (Å²) in [5.41, 5.74) is 1.20. The summed E-state index contributed by atoms with van der Waals surface area (Å²) in [6.45, 7) is 2.95. The number of para-hydroxylation sites is 1. The van der Waals surface area contributed by atoms with Gasteiger partial charge in [0.05, 0.1) is 29.7 Å². The predicted octanol–water partition coefficient (Wildman–Crippen LogP) is 2.98. The molecule has 1 amide bonds. The number of alkyl carbamates (subject to hydrolysis) is 1. The van der Waals surface area contributed by atoms with Crippen molar-refractivity contribution in [3.63, 3.8) is 0 Å². The first-order valence-electron chi connectivity index (χ1n) is 8.98. The lowest BCUT2D eigenvalue weighted by atomic mass is 10.2. The van der Waals surface area contributed by atoms with Crippen molar-refractivity contribution in [2.45, 2.75) is 18.2 Å². The third-order valence-electron chi connectivity index (χ3n) is 4.30. The summed E-state index contributed by atoms with van der Waals surface area (Å²) in [4.78, 5) is 29.1. The number of nitrogens with zero attached hydrogens (tertiary/aromatic N) is 2. The highest BCUT2D eigenvalue weighted by Crippen LogP contribution is 2.24. The second-order valence-electron chi connectivity index (χ2n) is 6.20. The Morgan fingerprint density at radius 3 is 2.71 bits per heavy atom. The number of hydrogen-bond acceptors (Lipinski definition) is 6. The molecule has 4 rings (SSSR count). The first-order chi connectivity index (χ1) is 13.7. The molecule has 1 aliphatic rings. The number of ether oxygens (including phenoxy) is 2. The van der Waals surface area contributed by atoms with Gasteiger partial charge in [-0.3, -0.25) is 9.36 Å². The molecule has 144 valence electrons. The summed E-state index contributed by atoms with van der Waals surface area (Å²) in [7, 11) is 0. The Hall–Kier alpha value is -3.00. The van der Waals surface area contributed by atoms with Crippen LogP contribution in [-0.4, -0.2) is 40.7 Å². The van der Waals surface area contributed by atoms with E-state index < -0.39 is 6.09 Å². The molecule has 0 radical (unpaired) electrons. The van der Waals surface area contributed by atoms with Gasteiger partial charge in [0.2, 0.25) is 0 Å². The Morgan fingerprint density at radius 1 is 1.21 bits per heavy atom. The number of nitrogens with one attached hydrogen (secondary N) is 1. The van der Waals surface area contributed by atoms with E-state index in [1.165, 1.54) is 11.8 Å². The van der Waals surface area contributed by atoms with E-state index >= 15 is 0 Å². The summed E-state index contributed by atoms with van der Waals surface area (Å²) in [5.74, 6) is 1.24. The maximum atomic E-state index is 13.2. The molecule has 0 bridgehead atoms. The Morgan fingerprint density at radius 2 is 2.00 bits per heavy atom. The second kappa shape index (κ2) is 7.93. The van der Waals surface area contributed by atoms with Crippen molar-refractivity contribution >= 4 is 28.8 Å². The summed E-state index contributed by atoms with van der Waals surface area (Å²) in [5, 5.41) is 3.74. The van der Waals surface area contributed by atoms with Crippen LogP contribution in [0.3, 0.4) is 0 Å². The third kappa shape index (κ3) is 3.68. The van der Waals surface area contributed by atoms with E-state index in [2.05, 4.69) is 10.3 Å². The van der Waals surface area contributed by atoms with E-state index in [-0.39, 0.29) is 11.7 Å². The molecule has 1 aromatic heterocycles. The minimum Gasteiger partial charge on any atom is -0.494 e. The zero-order valence-corrected chi connectivity index (χ0v) is 16.1. The number of aromatic nitrogens is 2. The van der Waals surface area contributed by atoms with Gasteiger partial charge in [0, 0.05) is 5.75 Å². The molecule has 0 saturated carbocycles. The van der Waals surface area contributed by atoms with Crippen molar-refractivity contribution in [3.8, 4) is 11.4 Å². The van der Waals surface area contributed by atoms with Crippen LogP contribution in [-0.2, 0) is 4.74 Å². The largest absolute Gasteiger partial charge is 0.494 e. The van der Waals surface area contributed by atoms with E-state index in [9.17, 15) is 9.59 Å². The van der Waals surface area contributed by atoms with Crippen molar-refractivity contribution in [1.29, 1.82) is 0 Å². The smallest absolute Gasteiger partial charge is 0.407 e. The van der Waals surface area contributed by atoms with Gasteiger partial charge in [-0.1, -0.05) is 23.9 Å². The lowest BCUT2D eigenvalue weighted by Gasteiger charge is -2.15. The maximum absolute atomic E-state index is 13.2. The molecule has 1 atom stereocenters. The molecule has 3 aromatic rings. The van der Waals surface area contributed by atoms with Gasteiger partial charge < -0.3 is 14.8 Å². The van der Waals surface area contributed by atoms with Gasteiger partial charge in [-0.15, -0.1) is 0 Å². The molecular weight excluding hydrogens is 378 g/mol. The van der Waals surface area contributed by atoms with E-state index in [0.717, 1.165) is 5.75 Å². The van der Waals surface area contributed by atoms with Crippen LogP contribution in [0.15, 0.2) is 58.5 Å². The molecule has 0 aliphatic carbocycles. The standard InChI is InChI=1S/C20H19N3O4S/c1-2-26-14-9-7-13(8-10-14)23-18(24)16-5-3-4-6-17(16)22-19(23)28-12-15-11-21-20(25)27-15/h3-10,15H,2,11-12H2,1H3,(H,21,25). The van der Waals surface area contributed by atoms with E-state index in [0.29, 0.717) is 40.7 Å². The van der Waals surface area contributed by atoms with Gasteiger partial charge in [0.1, 0.15) is 11.9 Å². The molecule has 28 heavy (non-hydrogen) atoms. The minimum atomic E-state index is -0.416. The van der Waals surface area contributed by atoms with Crippen LogP contribution in [0.5, 0.6) is 5.75 Å². The van der Waals surface area contributed by atoms with Crippen molar-refractivity contribution in [2.75, 3.05) is 18.9 Å². The molecule has 1 saturated heterocycles. The Balaban J connectivity index is 1.74. The van der Waals surface area contributed by atoms with Gasteiger partial charge in [-0.05, 0) is 43.3 Å². The summed E-state index contributed by atoms with van der Waals surface area (Å²) >= 11 is 1.39. The zero-order valence-electron chi connectivity index (χ0n) is 15.3. The Bertz CT molecular complexity index is 1070. The lowest BCUT2D eigenvalue weighted by molar-refractivity contribution is 0.150. The zero-order chi connectivity index (χ0) is 19.5. The number of fused-ring (bicyclic) bond motifs is 1.